The van der Waals surface area contributed by atoms with Crippen LogP contribution in [0.4, 0.5) is 0 Å². The van der Waals surface area contributed by atoms with Gasteiger partial charge in [0.2, 0.25) is 0 Å². The summed E-state index contributed by atoms with van der Waals surface area (Å²) < 4.78 is 11.3. The summed E-state index contributed by atoms with van der Waals surface area (Å²) in [4.78, 5) is 33.5. The van der Waals surface area contributed by atoms with Crippen molar-refractivity contribution in [3.8, 4) is 0 Å². The molecule has 0 fully saturated rings. The van der Waals surface area contributed by atoms with Crippen molar-refractivity contribution in [2.45, 2.75) is 18.6 Å². The zero-order valence-corrected chi connectivity index (χ0v) is 13.0. The average Bonchev–Trinajstić information content (AvgIpc) is 2.38. The summed E-state index contributed by atoms with van der Waals surface area (Å²) in [5.74, 6) is -1.21. The lowest BCUT2D eigenvalue weighted by Gasteiger charge is -2.14. The molecule has 9 heteroatoms. The lowest BCUT2D eigenvalue weighted by molar-refractivity contribution is -0.138. The molecule has 0 unspecified atom stereocenters. The van der Waals surface area contributed by atoms with Gasteiger partial charge in [0.1, 0.15) is 6.04 Å². The number of aromatic nitrogens is 1. The molecular weight excluding hydrogens is 331 g/mol. The fourth-order valence-electron chi connectivity index (χ4n) is 2.07. The third kappa shape index (κ3) is 4.03. The van der Waals surface area contributed by atoms with Crippen LogP contribution in [0.1, 0.15) is 11.3 Å². The van der Waals surface area contributed by atoms with Crippen LogP contribution in [0, 0.1) is 0 Å². The van der Waals surface area contributed by atoms with E-state index >= 15 is 0 Å². The highest BCUT2D eigenvalue weighted by Crippen LogP contribution is 2.40. The summed E-state index contributed by atoms with van der Waals surface area (Å²) in [6.45, 7) is 0. The predicted octanol–water partition coefficient (Wildman–Crippen LogP) is 1.52. The highest BCUT2D eigenvalue weighted by atomic mass is 35.5. The van der Waals surface area contributed by atoms with Crippen LogP contribution in [-0.2, 0) is 21.9 Å². The minimum atomic E-state index is -4.35. The molecule has 1 aromatic carbocycles. The van der Waals surface area contributed by atoms with E-state index in [1.54, 1.807) is 18.2 Å². The SMILES string of the molecule is N[C@H](Cc1nc2cccc(Cl)c2cc1CP(=O)(O)O)C(=O)O. The Bertz CT molecular complexity index is 776. The third-order valence-electron chi connectivity index (χ3n) is 3.08. The van der Waals surface area contributed by atoms with Crippen LogP contribution in [0.2, 0.25) is 5.02 Å². The lowest BCUT2D eigenvalue weighted by Crippen LogP contribution is -2.33. The van der Waals surface area contributed by atoms with E-state index in [4.69, 9.17) is 22.4 Å². The molecule has 22 heavy (non-hydrogen) atoms. The zero-order valence-electron chi connectivity index (χ0n) is 11.3. The second-order valence-electron chi connectivity index (χ2n) is 4.87. The number of carboxylic acid groups (broad SMARTS) is 1. The third-order valence-corrected chi connectivity index (χ3v) is 4.16. The topological polar surface area (TPSA) is 134 Å². The van der Waals surface area contributed by atoms with Crippen molar-refractivity contribution in [3.05, 3.63) is 40.5 Å². The molecular formula is C13H14ClN2O5P. The van der Waals surface area contributed by atoms with Gasteiger partial charge in [-0.1, -0.05) is 17.7 Å². The molecule has 2 rings (SSSR count). The largest absolute Gasteiger partial charge is 0.480 e. The van der Waals surface area contributed by atoms with Crippen molar-refractivity contribution in [1.29, 1.82) is 0 Å². The Morgan fingerprint density at radius 1 is 1.41 bits per heavy atom. The standard InChI is InChI=1S/C13H14ClN2O5P/c14-9-2-1-3-11-8(9)4-7(6-22(19,20)21)12(16-11)5-10(15)13(17)18/h1-4,10H,5-6,15H2,(H,17,18)(H2,19,20,21)/t10-/m1/s1. The maximum absolute atomic E-state index is 11.3. The number of benzene rings is 1. The second-order valence-corrected chi connectivity index (χ2v) is 6.93. The normalized spacial score (nSPS) is 13.3. The molecule has 0 amide bonds. The number of fused-ring (bicyclic) bond motifs is 1. The summed E-state index contributed by atoms with van der Waals surface area (Å²) in [5.41, 5.74) is 6.49. The monoisotopic (exact) mass is 344 g/mol. The molecule has 1 aromatic heterocycles. The molecule has 0 bridgehead atoms. The second kappa shape index (κ2) is 6.32. The molecule has 0 saturated heterocycles. The van der Waals surface area contributed by atoms with Gasteiger partial charge in [-0.2, -0.15) is 0 Å². The van der Waals surface area contributed by atoms with Crippen LogP contribution in [0.25, 0.3) is 10.9 Å². The minimum Gasteiger partial charge on any atom is -0.480 e. The van der Waals surface area contributed by atoms with Crippen LogP contribution in [-0.4, -0.2) is 31.9 Å². The first-order valence-corrected chi connectivity index (χ1v) is 8.45. The molecule has 0 aliphatic carbocycles. The maximum atomic E-state index is 11.3. The summed E-state index contributed by atoms with van der Waals surface area (Å²) in [5, 5.41) is 9.83. The van der Waals surface area contributed by atoms with Crippen LogP contribution in [0.15, 0.2) is 24.3 Å². The Hall–Kier alpha value is -1.50. The maximum Gasteiger partial charge on any atom is 0.329 e. The Balaban J connectivity index is 2.57. The van der Waals surface area contributed by atoms with Crippen LogP contribution < -0.4 is 5.73 Å². The van der Waals surface area contributed by atoms with Crippen molar-refractivity contribution in [2.75, 3.05) is 0 Å². The molecule has 0 radical (unpaired) electrons. The van der Waals surface area contributed by atoms with E-state index in [9.17, 15) is 19.1 Å². The molecule has 0 saturated carbocycles. The summed E-state index contributed by atoms with van der Waals surface area (Å²) in [7, 11) is -4.35. The molecule has 1 atom stereocenters. The van der Waals surface area contributed by atoms with Crippen molar-refractivity contribution >= 4 is 36.1 Å². The summed E-state index contributed by atoms with van der Waals surface area (Å²) in [6, 6.07) is 5.31. The Morgan fingerprint density at radius 2 is 2.09 bits per heavy atom. The molecule has 5 N–H and O–H groups in total. The Kier molecular flexibility index (Phi) is 4.84. The fraction of sp³-hybridized carbons (Fsp3) is 0.231. The first-order chi connectivity index (χ1) is 10.2. The number of carboxylic acids is 1. The van der Waals surface area contributed by atoms with E-state index in [0.29, 0.717) is 15.9 Å². The summed E-state index contributed by atoms with van der Waals surface area (Å²) in [6.07, 6.45) is -0.685. The van der Waals surface area contributed by atoms with Gasteiger partial charge < -0.3 is 20.6 Å². The zero-order chi connectivity index (χ0) is 16.5. The first-order valence-electron chi connectivity index (χ1n) is 6.27. The molecule has 1 heterocycles. The van der Waals surface area contributed by atoms with Gasteiger partial charge >= 0.3 is 13.6 Å². The van der Waals surface area contributed by atoms with Crippen molar-refractivity contribution in [1.82, 2.24) is 4.98 Å². The predicted molar refractivity (Wildman–Crippen MR) is 81.8 cm³/mol. The van der Waals surface area contributed by atoms with Crippen molar-refractivity contribution < 1.29 is 24.3 Å². The van der Waals surface area contributed by atoms with E-state index in [-0.39, 0.29) is 17.7 Å². The number of aliphatic carboxylic acids is 1. The molecule has 0 aliphatic rings. The number of nitrogens with two attached hydrogens (primary N) is 1. The number of nitrogens with zero attached hydrogens (tertiary/aromatic N) is 1. The number of pyridine rings is 1. The molecule has 118 valence electrons. The van der Waals surface area contributed by atoms with Crippen molar-refractivity contribution in [3.63, 3.8) is 0 Å². The molecule has 7 nitrogen and oxygen atoms in total. The van der Waals surface area contributed by atoms with Crippen molar-refractivity contribution in [2.24, 2.45) is 5.73 Å². The van der Waals surface area contributed by atoms with E-state index in [0.717, 1.165) is 0 Å². The number of hydrogen-bond acceptors (Lipinski definition) is 4. The quantitative estimate of drug-likeness (QED) is 0.604. The lowest BCUT2D eigenvalue weighted by atomic mass is 10.0. The Labute approximate surface area is 130 Å². The van der Waals surface area contributed by atoms with E-state index < -0.39 is 25.8 Å². The van der Waals surface area contributed by atoms with E-state index in [1.807, 2.05) is 0 Å². The van der Waals surface area contributed by atoms with Crippen LogP contribution in [0.5, 0.6) is 0 Å². The highest BCUT2D eigenvalue weighted by molar-refractivity contribution is 7.50. The first kappa shape index (κ1) is 16.9. The van der Waals surface area contributed by atoms with Gasteiger partial charge in [0.25, 0.3) is 0 Å². The molecule has 2 aromatic rings. The fourth-order valence-corrected chi connectivity index (χ4v) is 3.01. The average molecular weight is 345 g/mol. The number of rotatable bonds is 5. The van der Waals surface area contributed by atoms with Gasteiger partial charge in [-0.05, 0) is 23.8 Å². The number of halogens is 1. The Morgan fingerprint density at radius 3 is 2.68 bits per heavy atom. The highest BCUT2D eigenvalue weighted by Gasteiger charge is 2.22. The number of carbonyl (C=O) groups is 1. The van der Waals surface area contributed by atoms with Crippen LogP contribution >= 0.6 is 19.2 Å². The molecule has 0 spiro atoms. The summed E-state index contributed by atoms with van der Waals surface area (Å²) >= 11 is 6.06. The smallest absolute Gasteiger partial charge is 0.329 e. The van der Waals surface area contributed by atoms with Crippen LogP contribution in [0.3, 0.4) is 0 Å². The van der Waals surface area contributed by atoms with E-state index in [2.05, 4.69) is 4.98 Å². The van der Waals surface area contributed by atoms with E-state index in [1.165, 1.54) is 6.07 Å². The van der Waals surface area contributed by atoms with Gasteiger partial charge in [0.05, 0.1) is 11.7 Å². The van der Waals surface area contributed by atoms with Gasteiger partial charge in [0, 0.05) is 22.5 Å². The minimum absolute atomic E-state index is 0.132. The van der Waals surface area contributed by atoms with Gasteiger partial charge in [0.15, 0.2) is 0 Å². The van der Waals surface area contributed by atoms with Gasteiger partial charge in [-0.25, -0.2) is 0 Å². The van der Waals surface area contributed by atoms with Gasteiger partial charge in [-0.15, -0.1) is 0 Å². The number of hydrogen-bond donors (Lipinski definition) is 4. The van der Waals surface area contributed by atoms with Gasteiger partial charge in [-0.3, -0.25) is 14.3 Å². The molecule has 0 aliphatic heterocycles.